The highest BCUT2D eigenvalue weighted by Crippen LogP contribution is 2.25. The molecule has 21 heavy (non-hydrogen) atoms. The molecule has 0 unspecified atom stereocenters. The molecular weight excluding hydrogens is 258 g/mol. The van der Waals surface area contributed by atoms with Crippen LogP contribution in [0.1, 0.15) is 22.3 Å². The van der Waals surface area contributed by atoms with E-state index in [1.165, 1.54) is 5.56 Å². The van der Waals surface area contributed by atoms with E-state index in [1.54, 1.807) is 6.21 Å². The molecule has 0 aromatic heterocycles. The summed E-state index contributed by atoms with van der Waals surface area (Å²) < 4.78 is 0. The minimum atomic E-state index is 0.402. The number of anilines is 1. The Morgan fingerprint density at radius 2 is 1.71 bits per heavy atom. The summed E-state index contributed by atoms with van der Waals surface area (Å²) in [5.74, 6) is 0. The predicted octanol–water partition coefficient (Wildman–Crippen LogP) is 4.42. The molecule has 0 saturated heterocycles. The van der Waals surface area contributed by atoms with Gasteiger partial charge < -0.3 is 5.32 Å². The zero-order chi connectivity index (χ0) is 15.4. The van der Waals surface area contributed by atoms with Gasteiger partial charge in [-0.05, 0) is 38.0 Å². The zero-order valence-corrected chi connectivity index (χ0v) is 13.0. The molecule has 0 saturated carbocycles. The molecule has 0 heterocycles. The number of para-hydroxylation sites is 1. The number of nitrogens with one attached hydrogen (secondary N) is 2. The summed E-state index contributed by atoms with van der Waals surface area (Å²) in [6.45, 7) is 6.19. The molecule has 0 bridgehead atoms. The summed E-state index contributed by atoms with van der Waals surface area (Å²) in [5.41, 5.74) is 6.65. The van der Waals surface area contributed by atoms with Crippen molar-refractivity contribution in [2.75, 3.05) is 12.4 Å². The molecule has 108 valence electrons. The normalized spacial score (nSPS) is 10.9. The van der Waals surface area contributed by atoms with E-state index in [2.05, 4.69) is 43.2 Å². The van der Waals surface area contributed by atoms with E-state index in [4.69, 9.17) is 5.41 Å². The van der Waals surface area contributed by atoms with Crippen LogP contribution in [0.15, 0.2) is 41.4 Å². The van der Waals surface area contributed by atoms with Crippen LogP contribution >= 0.6 is 0 Å². The van der Waals surface area contributed by atoms with E-state index in [1.807, 2.05) is 31.3 Å². The number of benzene rings is 2. The maximum atomic E-state index is 8.22. The molecule has 2 N–H and O–H groups in total. The van der Waals surface area contributed by atoms with Crippen molar-refractivity contribution < 1.29 is 0 Å². The van der Waals surface area contributed by atoms with Gasteiger partial charge in [0.25, 0.3) is 0 Å². The van der Waals surface area contributed by atoms with Crippen LogP contribution in [-0.4, -0.2) is 19.0 Å². The van der Waals surface area contributed by atoms with Crippen LogP contribution in [0.3, 0.4) is 0 Å². The van der Waals surface area contributed by atoms with Gasteiger partial charge in [0.05, 0.1) is 17.6 Å². The summed E-state index contributed by atoms with van der Waals surface area (Å²) in [6.07, 6.45) is 1.63. The smallest absolute Gasteiger partial charge is 0.0815 e. The summed E-state index contributed by atoms with van der Waals surface area (Å²) in [7, 11) is 1.86. The number of aryl methyl sites for hydroxylation is 3. The lowest BCUT2D eigenvalue weighted by Gasteiger charge is -2.08. The van der Waals surface area contributed by atoms with Crippen molar-refractivity contribution in [1.29, 1.82) is 5.41 Å². The number of hydrogen-bond acceptors (Lipinski definition) is 3. The first-order valence-electron chi connectivity index (χ1n) is 7.00. The SMILES string of the molecule is CNc1ccccc1C(=N)C=Nc1c(C)cc(C)cc1C. The minimum Gasteiger partial charge on any atom is -0.388 e. The van der Waals surface area contributed by atoms with Gasteiger partial charge >= 0.3 is 0 Å². The Balaban J connectivity index is 2.32. The number of nitrogens with zero attached hydrogens (tertiary/aromatic N) is 1. The van der Waals surface area contributed by atoms with Crippen LogP contribution in [0.2, 0.25) is 0 Å². The standard InChI is InChI=1S/C18H21N3/c1-12-9-13(2)18(14(3)10-12)21-11-16(19)15-7-5-6-8-17(15)20-4/h5-11,19-20H,1-4H3. The average molecular weight is 279 g/mol. The maximum absolute atomic E-state index is 8.22. The molecule has 2 aromatic carbocycles. The number of aliphatic imine (C=N–C) groups is 1. The third kappa shape index (κ3) is 3.37. The first kappa shape index (κ1) is 15.0. The second-order valence-electron chi connectivity index (χ2n) is 5.21. The Bertz CT molecular complexity index is 676. The Hall–Kier alpha value is -2.42. The molecule has 2 rings (SSSR count). The van der Waals surface area contributed by atoms with Crippen molar-refractivity contribution in [1.82, 2.24) is 0 Å². The Morgan fingerprint density at radius 1 is 1.10 bits per heavy atom. The van der Waals surface area contributed by atoms with Crippen LogP contribution in [0, 0.1) is 26.2 Å². The lowest BCUT2D eigenvalue weighted by molar-refractivity contribution is 1.29. The molecule has 0 radical (unpaired) electrons. The third-order valence-corrected chi connectivity index (χ3v) is 3.44. The van der Waals surface area contributed by atoms with Crippen molar-refractivity contribution in [3.63, 3.8) is 0 Å². The average Bonchev–Trinajstić information content (AvgIpc) is 2.45. The van der Waals surface area contributed by atoms with Gasteiger partial charge in [-0.15, -0.1) is 0 Å². The highest BCUT2D eigenvalue weighted by molar-refractivity contribution is 6.38. The second-order valence-corrected chi connectivity index (χ2v) is 5.21. The summed E-state index contributed by atoms with van der Waals surface area (Å²) in [4.78, 5) is 4.52. The van der Waals surface area contributed by atoms with Crippen molar-refractivity contribution in [3.05, 3.63) is 58.7 Å². The number of rotatable bonds is 4. The first-order valence-corrected chi connectivity index (χ1v) is 7.00. The summed E-state index contributed by atoms with van der Waals surface area (Å²) >= 11 is 0. The topological polar surface area (TPSA) is 48.2 Å². The fourth-order valence-electron chi connectivity index (χ4n) is 2.51. The molecule has 0 aliphatic heterocycles. The van der Waals surface area contributed by atoms with E-state index in [-0.39, 0.29) is 0 Å². The Kier molecular flexibility index (Phi) is 4.53. The van der Waals surface area contributed by atoms with E-state index >= 15 is 0 Å². The summed E-state index contributed by atoms with van der Waals surface area (Å²) in [5, 5.41) is 11.3. The quantitative estimate of drug-likeness (QED) is 0.799. The molecule has 2 aromatic rings. The fourth-order valence-corrected chi connectivity index (χ4v) is 2.51. The third-order valence-electron chi connectivity index (χ3n) is 3.44. The minimum absolute atomic E-state index is 0.402. The van der Waals surface area contributed by atoms with Crippen LogP contribution < -0.4 is 5.32 Å². The molecule has 3 nitrogen and oxygen atoms in total. The van der Waals surface area contributed by atoms with Crippen LogP contribution in [0.5, 0.6) is 0 Å². The van der Waals surface area contributed by atoms with Gasteiger partial charge in [-0.3, -0.25) is 10.4 Å². The van der Waals surface area contributed by atoms with Crippen molar-refractivity contribution in [3.8, 4) is 0 Å². The van der Waals surface area contributed by atoms with Crippen molar-refractivity contribution in [2.45, 2.75) is 20.8 Å². The molecule has 0 fully saturated rings. The van der Waals surface area contributed by atoms with Gasteiger partial charge in [0.15, 0.2) is 0 Å². The highest BCUT2D eigenvalue weighted by Gasteiger charge is 2.05. The second kappa shape index (κ2) is 6.35. The Morgan fingerprint density at radius 3 is 2.33 bits per heavy atom. The lowest BCUT2D eigenvalue weighted by atomic mass is 10.1. The lowest BCUT2D eigenvalue weighted by Crippen LogP contribution is -2.04. The Labute approximate surface area is 126 Å². The van der Waals surface area contributed by atoms with E-state index in [0.717, 1.165) is 28.1 Å². The van der Waals surface area contributed by atoms with Gasteiger partial charge in [-0.25, -0.2) is 0 Å². The molecule has 0 amide bonds. The first-order chi connectivity index (χ1) is 10.0. The molecule has 0 aliphatic rings. The van der Waals surface area contributed by atoms with E-state index < -0.39 is 0 Å². The molecule has 0 atom stereocenters. The summed E-state index contributed by atoms with van der Waals surface area (Å²) in [6, 6.07) is 12.0. The van der Waals surface area contributed by atoms with Gasteiger partial charge in [-0.1, -0.05) is 35.9 Å². The predicted molar refractivity (Wildman–Crippen MR) is 91.6 cm³/mol. The van der Waals surface area contributed by atoms with Gasteiger partial charge in [0.2, 0.25) is 0 Å². The molecule has 3 heteroatoms. The zero-order valence-electron chi connectivity index (χ0n) is 13.0. The highest BCUT2D eigenvalue weighted by atomic mass is 14.8. The fraction of sp³-hybridized carbons (Fsp3) is 0.222. The van der Waals surface area contributed by atoms with Crippen molar-refractivity contribution >= 4 is 23.3 Å². The van der Waals surface area contributed by atoms with Gasteiger partial charge in [0.1, 0.15) is 0 Å². The van der Waals surface area contributed by atoms with Crippen LogP contribution in [0.4, 0.5) is 11.4 Å². The van der Waals surface area contributed by atoms with E-state index in [9.17, 15) is 0 Å². The molecular formula is C18H21N3. The van der Waals surface area contributed by atoms with Gasteiger partial charge in [-0.2, -0.15) is 0 Å². The molecule has 0 aliphatic carbocycles. The van der Waals surface area contributed by atoms with Crippen molar-refractivity contribution in [2.24, 2.45) is 4.99 Å². The van der Waals surface area contributed by atoms with E-state index in [0.29, 0.717) is 5.71 Å². The number of hydrogen-bond donors (Lipinski definition) is 2. The largest absolute Gasteiger partial charge is 0.388 e. The maximum Gasteiger partial charge on any atom is 0.0815 e. The van der Waals surface area contributed by atoms with Gasteiger partial charge in [0, 0.05) is 18.3 Å². The molecule has 0 spiro atoms. The van der Waals surface area contributed by atoms with Crippen LogP contribution in [0.25, 0.3) is 0 Å². The van der Waals surface area contributed by atoms with Crippen LogP contribution in [-0.2, 0) is 0 Å². The monoisotopic (exact) mass is 279 g/mol.